The van der Waals surface area contributed by atoms with Crippen molar-refractivity contribution in [1.82, 2.24) is 25.2 Å². The molecule has 6 nitrogen and oxygen atoms in total. The Morgan fingerprint density at radius 1 is 1.29 bits per heavy atom. The summed E-state index contributed by atoms with van der Waals surface area (Å²) >= 11 is 0. The highest BCUT2D eigenvalue weighted by Crippen LogP contribution is 2.33. The second-order valence-corrected chi connectivity index (χ2v) is 6.54. The molecule has 1 aliphatic rings. The zero-order valence-corrected chi connectivity index (χ0v) is 16.3. The van der Waals surface area contributed by atoms with E-state index in [0.717, 1.165) is 43.1 Å². The van der Waals surface area contributed by atoms with Gasteiger partial charge in [0.25, 0.3) is 5.91 Å². The van der Waals surface area contributed by atoms with Crippen LogP contribution in [-0.2, 0) is 6.18 Å². The number of hydrogen-bond donors (Lipinski definition) is 1. The van der Waals surface area contributed by atoms with Crippen molar-refractivity contribution in [2.75, 3.05) is 19.6 Å². The van der Waals surface area contributed by atoms with Gasteiger partial charge in [-0.15, -0.1) is 17.5 Å². The maximum Gasteiger partial charge on any atom is 0.418 e. The van der Waals surface area contributed by atoms with E-state index in [4.69, 9.17) is 0 Å². The Bertz CT molecular complexity index is 790. The number of benzene rings is 1. The van der Waals surface area contributed by atoms with E-state index in [9.17, 15) is 18.0 Å². The SMILES string of the molecule is CCCN(C(=O)c1cn(-c2ccccc2C(F)(F)F)nn1)C1CCNCC1.Cl. The number of aromatic nitrogens is 3. The average molecular weight is 418 g/mol. The lowest BCUT2D eigenvalue weighted by molar-refractivity contribution is -0.137. The van der Waals surface area contributed by atoms with Crippen LogP contribution in [0, 0.1) is 0 Å². The van der Waals surface area contributed by atoms with Crippen LogP contribution in [0.3, 0.4) is 0 Å². The summed E-state index contributed by atoms with van der Waals surface area (Å²) in [5.74, 6) is -0.292. The first-order valence-electron chi connectivity index (χ1n) is 9.02. The number of alkyl halides is 3. The number of nitrogens with zero attached hydrogens (tertiary/aromatic N) is 4. The van der Waals surface area contributed by atoms with Crippen molar-refractivity contribution in [3.8, 4) is 5.69 Å². The van der Waals surface area contributed by atoms with Crippen molar-refractivity contribution in [3.63, 3.8) is 0 Å². The van der Waals surface area contributed by atoms with E-state index < -0.39 is 11.7 Å². The first kappa shape index (κ1) is 22.2. The fourth-order valence-electron chi connectivity index (χ4n) is 3.35. The summed E-state index contributed by atoms with van der Waals surface area (Å²) in [7, 11) is 0. The van der Waals surface area contributed by atoms with Gasteiger partial charge in [0.05, 0.1) is 17.4 Å². The van der Waals surface area contributed by atoms with Crippen LogP contribution >= 0.6 is 12.4 Å². The number of piperidine rings is 1. The molecule has 0 aliphatic carbocycles. The molecule has 1 N–H and O–H groups in total. The minimum Gasteiger partial charge on any atom is -0.334 e. The molecule has 0 atom stereocenters. The topological polar surface area (TPSA) is 63.1 Å². The predicted molar refractivity (Wildman–Crippen MR) is 101 cm³/mol. The summed E-state index contributed by atoms with van der Waals surface area (Å²) in [4.78, 5) is 14.7. The van der Waals surface area contributed by atoms with E-state index in [0.29, 0.717) is 6.54 Å². The fraction of sp³-hybridized carbons (Fsp3) is 0.500. The third-order valence-corrected chi connectivity index (χ3v) is 4.64. The average Bonchev–Trinajstić information content (AvgIpc) is 3.16. The maximum absolute atomic E-state index is 13.2. The van der Waals surface area contributed by atoms with E-state index in [1.54, 1.807) is 4.90 Å². The van der Waals surface area contributed by atoms with Gasteiger partial charge < -0.3 is 10.2 Å². The molecular formula is C18H23ClF3N5O. The van der Waals surface area contributed by atoms with Crippen LogP contribution in [0.25, 0.3) is 5.69 Å². The number of carbonyl (C=O) groups is 1. The molecule has 0 unspecified atom stereocenters. The Morgan fingerprint density at radius 2 is 1.96 bits per heavy atom. The molecule has 28 heavy (non-hydrogen) atoms. The molecule has 1 fully saturated rings. The number of halogens is 4. The summed E-state index contributed by atoms with van der Waals surface area (Å²) in [5, 5.41) is 10.9. The molecule has 2 heterocycles. The predicted octanol–water partition coefficient (Wildman–Crippen LogP) is 3.31. The van der Waals surface area contributed by atoms with E-state index in [1.165, 1.54) is 24.4 Å². The molecule has 1 aromatic heterocycles. The number of rotatable bonds is 5. The first-order valence-corrected chi connectivity index (χ1v) is 9.02. The second-order valence-electron chi connectivity index (χ2n) is 6.54. The fourth-order valence-corrected chi connectivity index (χ4v) is 3.35. The van der Waals surface area contributed by atoms with Crippen LogP contribution in [0.1, 0.15) is 42.2 Å². The molecule has 1 amide bonds. The molecule has 1 saturated heterocycles. The monoisotopic (exact) mass is 417 g/mol. The van der Waals surface area contributed by atoms with Gasteiger partial charge in [0.15, 0.2) is 5.69 Å². The molecule has 10 heteroatoms. The molecular weight excluding hydrogens is 395 g/mol. The van der Waals surface area contributed by atoms with E-state index in [2.05, 4.69) is 15.6 Å². The lowest BCUT2D eigenvalue weighted by Gasteiger charge is -2.34. The van der Waals surface area contributed by atoms with Gasteiger partial charge in [-0.1, -0.05) is 24.3 Å². The normalized spacial score (nSPS) is 15.1. The number of hydrogen-bond acceptors (Lipinski definition) is 4. The molecule has 0 radical (unpaired) electrons. The lowest BCUT2D eigenvalue weighted by Crippen LogP contribution is -2.46. The molecule has 2 aromatic rings. The maximum atomic E-state index is 13.2. The number of amides is 1. The minimum absolute atomic E-state index is 0. The highest BCUT2D eigenvalue weighted by molar-refractivity contribution is 5.92. The Labute approximate surface area is 167 Å². The van der Waals surface area contributed by atoms with Crippen molar-refractivity contribution < 1.29 is 18.0 Å². The van der Waals surface area contributed by atoms with Gasteiger partial charge in [-0.3, -0.25) is 4.79 Å². The van der Waals surface area contributed by atoms with Gasteiger partial charge in [-0.2, -0.15) is 13.2 Å². The van der Waals surface area contributed by atoms with Gasteiger partial charge in [0, 0.05) is 12.6 Å². The Kier molecular flexibility index (Phi) is 7.42. The Hall–Kier alpha value is -2.13. The quantitative estimate of drug-likeness (QED) is 0.810. The van der Waals surface area contributed by atoms with E-state index in [-0.39, 0.29) is 35.7 Å². The zero-order chi connectivity index (χ0) is 19.4. The van der Waals surface area contributed by atoms with Crippen LogP contribution in [0.15, 0.2) is 30.5 Å². The van der Waals surface area contributed by atoms with Crippen molar-refractivity contribution in [2.45, 2.75) is 38.4 Å². The molecule has 1 aliphatic heterocycles. The second kappa shape index (κ2) is 9.38. The van der Waals surface area contributed by atoms with Crippen molar-refractivity contribution in [1.29, 1.82) is 0 Å². The zero-order valence-electron chi connectivity index (χ0n) is 15.4. The summed E-state index contributed by atoms with van der Waals surface area (Å²) < 4.78 is 40.7. The minimum atomic E-state index is -4.52. The molecule has 0 saturated carbocycles. The smallest absolute Gasteiger partial charge is 0.334 e. The summed E-state index contributed by atoms with van der Waals surface area (Å²) in [6.07, 6.45) is -0.763. The summed E-state index contributed by atoms with van der Waals surface area (Å²) in [5.41, 5.74) is -0.919. The van der Waals surface area contributed by atoms with E-state index in [1.807, 2.05) is 6.92 Å². The Morgan fingerprint density at radius 3 is 2.61 bits per heavy atom. The van der Waals surface area contributed by atoms with Crippen molar-refractivity contribution in [2.24, 2.45) is 0 Å². The standard InChI is InChI=1S/C18H22F3N5O.ClH/c1-2-11-25(13-7-9-22-10-8-13)17(27)15-12-26(24-23-15)16-6-4-3-5-14(16)18(19,20)21;/h3-6,12-13,22H,2,7-11H2,1H3;1H. The van der Waals surface area contributed by atoms with Gasteiger partial charge in [-0.05, 0) is 44.5 Å². The molecule has 1 aromatic carbocycles. The largest absolute Gasteiger partial charge is 0.418 e. The number of carbonyl (C=O) groups excluding carboxylic acids is 1. The van der Waals surface area contributed by atoms with Gasteiger partial charge >= 0.3 is 6.18 Å². The summed E-state index contributed by atoms with van der Waals surface area (Å²) in [6, 6.07) is 5.20. The van der Waals surface area contributed by atoms with Crippen LogP contribution in [0.2, 0.25) is 0 Å². The van der Waals surface area contributed by atoms with Crippen LogP contribution < -0.4 is 5.32 Å². The van der Waals surface area contributed by atoms with E-state index >= 15 is 0 Å². The molecule has 0 bridgehead atoms. The van der Waals surface area contributed by atoms with Crippen molar-refractivity contribution >= 4 is 18.3 Å². The van der Waals surface area contributed by atoms with Gasteiger partial charge in [0.2, 0.25) is 0 Å². The molecule has 0 spiro atoms. The number of nitrogens with one attached hydrogen (secondary N) is 1. The highest BCUT2D eigenvalue weighted by Gasteiger charge is 2.34. The number of para-hydroxylation sites is 1. The van der Waals surface area contributed by atoms with Gasteiger partial charge in [0.1, 0.15) is 0 Å². The third kappa shape index (κ3) is 4.82. The first-order chi connectivity index (χ1) is 12.9. The van der Waals surface area contributed by atoms with Crippen LogP contribution in [-0.4, -0.2) is 51.5 Å². The molecule has 3 rings (SSSR count). The van der Waals surface area contributed by atoms with Crippen LogP contribution in [0.4, 0.5) is 13.2 Å². The highest BCUT2D eigenvalue weighted by atomic mass is 35.5. The van der Waals surface area contributed by atoms with Gasteiger partial charge in [-0.25, -0.2) is 4.68 Å². The third-order valence-electron chi connectivity index (χ3n) is 4.64. The van der Waals surface area contributed by atoms with Crippen LogP contribution in [0.5, 0.6) is 0 Å². The molecule has 154 valence electrons. The lowest BCUT2D eigenvalue weighted by atomic mass is 10.0. The Balaban J connectivity index is 0.00000280. The summed E-state index contributed by atoms with van der Waals surface area (Å²) in [6.45, 7) is 4.24. The van der Waals surface area contributed by atoms with Crippen molar-refractivity contribution in [3.05, 3.63) is 41.7 Å².